The minimum Gasteiger partial charge on any atom is -0.497 e. The number of H-pyrrole nitrogens is 1. The highest BCUT2D eigenvalue weighted by Gasteiger charge is 2.16. The van der Waals surface area contributed by atoms with E-state index >= 15 is 0 Å². The van der Waals surface area contributed by atoms with Crippen LogP contribution in [0.15, 0.2) is 42.7 Å². The second kappa shape index (κ2) is 8.44. The van der Waals surface area contributed by atoms with Gasteiger partial charge in [-0.2, -0.15) is 0 Å². The molecule has 4 N–H and O–H groups in total. The Morgan fingerprint density at radius 1 is 1.19 bits per heavy atom. The summed E-state index contributed by atoms with van der Waals surface area (Å²) in [5, 5.41) is 2.89. The number of nitrogens with two attached hydrogens (primary N) is 1. The molecular weight excluding hydrogens is 418 g/mol. The highest BCUT2D eigenvalue weighted by atomic mass is 32.1. The average Bonchev–Trinajstić information content (AvgIpc) is 3.44. The first-order chi connectivity index (χ1) is 15.0. The molecule has 9 nitrogen and oxygen atoms in total. The van der Waals surface area contributed by atoms with Crippen molar-refractivity contribution in [2.75, 3.05) is 14.2 Å². The minimum absolute atomic E-state index is 0.227. The van der Waals surface area contributed by atoms with Crippen molar-refractivity contribution >= 4 is 34.3 Å². The van der Waals surface area contributed by atoms with Crippen molar-refractivity contribution in [1.29, 1.82) is 0 Å². The third-order valence-electron chi connectivity index (χ3n) is 4.66. The number of aromatic amines is 1. The van der Waals surface area contributed by atoms with E-state index in [0.29, 0.717) is 33.2 Å². The number of hydrogen-bond acceptors (Lipinski definition) is 7. The number of carbonyl (C=O) groups is 2. The molecular formula is C21H19N5O4S. The summed E-state index contributed by atoms with van der Waals surface area (Å²) in [6, 6.07) is 8.91. The lowest BCUT2D eigenvalue weighted by atomic mass is 10.2. The monoisotopic (exact) mass is 437 g/mol. The molecule has 0 bridgehead atoms. The van der Waals surface area contributed by atoms with E-state index in [4.69, 9.17) is 15.2 Å². The lowest BCUT2D eigenvalue weighted by molar-refractivity contribution is 0.0953. The molecule has 0 aliphatic carbocycles. The summed E-state index contributed by atoms with van der Waals surface area (Å²) in [5.41, 5.74) is 7.87. The van der Waals surface area contributed by atoms with Gasteiger partial charge in [-0.05, 0) is 30.3 Å². The van der Waals surface area contributed by atoms with Crippen molar-refractivity contribution in [3.05, 3.63) is 58.7 Å². The fourth-order valence-electron chi connectivity index (χ4n) is 3.08. The Balaban J connectivity index is 1.52. The Kier molecular flexibility index (Phi) is 5.54. The van der Waals surface area contributed by atoms with Crippen LogP contribution in [0.5, 0.6) is 11.5 Å². The quantitative estimate of drug-likeness (QED) is 0.407. The Morgan fingerprint density at radius 2 is 2.03 bits per heavy atom. The SMILES string of the molecule is COc1ccc(OC)c(CNC(=O)c2ccc(-c3cnc4[nH]cc(C(N)=O)c4n3)s2)c1. The van der Waals surface area contributed by atoms with E-state index in [0.717, 1.165) is 10.4 Å². The number of aromatic nitrogens is 3. The van der Waals surface area contributed by atoms with E-state index in [1.165, 1.54) is 17.5 Å². The number of nitrogens with one attached hydrogen (secondary N) is 2. The molecule has 31 heavy (non-hydrogen) atoms. The van der Waals surface area contributed by atoms with Crippen LogP contribution >= 0.6 is 11.3 Å². The van der Waals surface area contributed by atoms with Crippen LogP contribution in [0.25, 0.3) is 21.7 Å². The van der Waals surface area contributed by atoms with Gasteiger partial charge >= 0.3 is 0 Å². The van der Waals surface area contributed by atoms with Crippen molar-refractivity contribution in [1.82, 2.24) is 20.3 Å². The second-order valence-corrected chi connectivity index (χ2v) is 7.63. The molecule has 0 aliphatic heterocycles. The van der Waals surface area contributed by atoms with Gasteiger partial charge in [0.1, 0.15) is 17.0 Å². The maximum atomic E-state index is 12.7. The zero-order valence-electron chi connectivity index (χ0n) is 16.8. The zero-order chi connectivity index (χ0) is 22.0. The van der Waals surface area contributed by atoms with E-state index in [9.17, 15) is 9.59 Å². The molecule has 0 unspecified atom stereocenters. The average molecular weight is 437 g/mol. The summed E-state index contributed by atoms with van der Waals surface area (Å²) < 4.78 is 10.6. The molecule has 0 atom stereocenters. The molecule has 10 heteroatoms. The number of fused-ring (bicyclic) bond motifs is 1. The molecule has 158 valence electrons. The molecule has 2 amide bonds. The molecule has 0 saturated carbocycles. The molecule has 0 radical (unpaired) electrons. The van der Waals surface area contributed by atoms with Crippen molar-refractivity contribution in [3.63, 3.8) is 0 Å². The lowest BCUT2D eigenvalue weighted by Crippen LogP contribution is -2.22. The van der Waals surface area contributed by atoms with Gasteiger partial charge in [0.15, 0.2) is 5.65 Å². The van der Waals surface area contributed by atoms with Crippen LogP contribution < -0.4 is 20.5 Å². The van der Waals surface area contributed by atoms with Crippen LogP contribution in [0, 0.1) is 0 Å². The number of methoxy groups -OCH3 is 2. The topological polar surface area (TPSA) is 132 Å². The van der Waals surface area contributed by atoms with Gasteiger partial charge in [-0.3, -0.25) is 9.59 Å². The van der Waals surface area contributed by atoms with Crippen LogP contribution in [-0.2, 0) is 6.54 Å². The predicted molar refractivity (Wildman–Crippen MR) is 116 cm³/mol. The van der Waals surface area contributed by atoms with Gasteiger partial charge in [0.05, 0.1) is 41.4 Å². The molecule has 3 heterocycles. The van der Waals surface area contributed by atoms with Gasteiger partial charge in [-0.15, -0.1) is 11.3 Å². The Labute approximate surface area is 181 Å². The number of benzene rings is 1. The summed E-state index contributed by atoms with van der Waals surface area (Å²) in [7, 11) is 3.15. The van der Waals surface area contributed by atoms with Crippen LogP contribution in [0.2, 0.25) is 0 Å². The normalized spacial score (nSPS) is 10.8. The first-order valence-corrected chi connectivity index (χ1v) is 10.0. The highest BCUT2D eigenvalue weighted by Crippen LogP contribution is 2.28. The van der Waals surface area contributed by atoms with Crippen LogP contribution in [0.4, 0.5) is 0 Å². The number of amides is 2. The van der Waals surface area contributed by atoms with E-state index in [2.05, 4.69) is 20.3 Å². The first kappa shape index (κ1) is 20.4. The third kappa shape index (κ3) is 4.05. The summed E-state index contributed by atoms with van der Waals surface area (Å²) >= 11 is 1.28. The number of hydrogen-bond donors (Lipinski definition) is 3. The van der Waals surface area contributed by atoms with Crippen LogP contribution in [0.3, 0.4) is 0 Å². The van der Waals surface area contributed by atoms with Crippen LogP contribution in [-0.4, -0.2) is 41.0 Å². The van der Waals surface area contributed by atoms with E-state index in [1.807, 2.05) is 6.07 Å². The second-order valence-electron chi connectivity index (χ2n) is 6.54. The molecule has 4 rings (SSSR count). The number of rotatable bonds is 7. The fraction of sp³-hybridized carbons (Fsp3) is 0.143. The maximum absolute atomic E-state index is 12.7. The Hall–Kier alpha value is -3.92. The first-order valence-electron chi connectivity index (χ1n) is 9.23. The zero-order valence-corrected chi connectivity index (χ0v) is 17.6. The smallest absolute Gasteiger partial charge is 0.261 e. The van der Waals surface area contributed by atoms with E-state index in [-0.39, 0.29) is 18.0 Å². The Bertz CT molecular complexity index is 1280. The number of thiophene rings is 1. The maximum Gasteiger partial charge on any atom is 0.261 e. The van der Waals surface area contributed by atoms with Crippen molar-refractivity contribution in [2.45, 2.75) is 6.54 Å². The van der Waals surface area contributed by atoms with Crippen molar-refractivity contribution in [3.8, 4) is 22.1 Å². The van der Waals surface area contributed by atoms with Gasteiger partial charge in [0.2, 0.25) is 0 Å². The largest absolute Gasteiger partial charge is 0.497 e. The molecule has 0 aliphatic rings. The molecule has 0 spiro atoms. The van der Waals surface area contributed by atoms with Gasteiger partial charge in [0.25, 0.3) is 11.8 Å². The number of primary amides is 1. The number of nitrogens with zero attached hydrogens (tertiary/aromatic N) is 2. The fourth-order valence-corrected chi connectivity index (χ4v) is 3.96. The summed E-state index contributed by atoms with van der Waals surface area (Å²) in [6.07, 6.45) is 3.06. The van der Waals surface area contributed by atoms with Gasteiger partial charge in [0, 0.05) is 18.3 Å². The molecule has 3 aromatic heterocycles. The van der Waals surface area contributed by atoms with Crippen LogP contribution in [0.1, 0.15) is 25.6 Å². The summed E-state index contributed by atoms with van der Waals surface area (Å²) in [4.78, 5) is 37.1. The van der Waals surface area contributed by atoms with E-state index in [1.54, 1.807) is 44.7 Å². The van der Waals surface area contributed by atoms with Gasteiger partial charge in [-0.1, -0.05) is 0 Å². The molecule has 0 saturated heterocycles. The predicted octanol–water partition coefficient (Wildman–Crippen LogP) is 2.73. The lowest BCUT2D eigenvalue weighted by Gasteiger charge is -2.11. The van der Waals surface area contributed by atoms with Gasteiger partial charge in [-0.25, -0.2) is 9.97 Å². The van der Waals surface area contributed by atoms with E-state index < -0.39 is 5.91 Å². The highest BCUT2D eigenvalue weighted by molar-refractivity contribution is 7.17. The van der Waals surface area contributed by atoms with Crippen molar-refractivity contribution in [2.24, 2.45) is 5.73 Å². The summed E-state index contributed by atoms with van der Waals surface area (Å²) in [5.74, 6) is 0.525. The number of carbonyl (C=O) groups excluding carboxylic acids is 2. The molecule has 1 aromatic carbocycles. The Morgan fingerprint density at radius 3 is 2.77 bits per heavy atom. The van der Waals surface area contributed by atoms with Gasteiger partial charge < -0.3 is 25.5 Å². The standard InChI is InChI=1S/C21H19N5O4S/c1-29-12-3-4-15(30-2)11(7-12)8-25-21(28)17-6-5-16(31-17)14-10-24-20-18(26-14)13(9-23-20)19(22)27/h3-7,9-10H,8H2,1-2H3,(H2,22,27)(H,23,24)(H,25,28). The molecule has 0 fully saturated rings. The minimum atomic E-state index is -0.586. The number of ether oxygens (including phenoxy) is 2. The third-order valence-corrected chi connectivity index (χ3v) is 5.76. The molecule has 4 aromatic rings. The summed E-state index contributed by atoms with van der Waals surface area (Å²) in [6.45, 7) is 0.281. The van der Waals surface area contributed by atoms with Crippen molar-refractivity contribution < 1.29 is 19.1 Å².